The Morgan fingerprint density at radius 2 is 0.948 bits per heavy atom. The summed E-state index contributed by atoms with van der Waals surface area (Å²) in [4.78, 5) is 24.7. The molecule has 4 aromatic rings. The molecule has 0 unspecified atom stereocenters. The number of nitrogens with zero attached hydrogens (tertiary/aromatic N) is 2. The second-order valence-electron chi connectivity index (χ2n) is 13.1. The van der Waals surface area contributed by atoms with E-state index in [9.17, 15) is 9.59 Å². The van der Waals surface area contributed by atoms with E-state index >= 15 is 0 Å². The molecule has 2 N–H and O–H groups in total. The molecule has 10 nitrogen and oxygen atoms in total. The minimum absolute atomic E-state index is 0.0703. The lowest BCUT2D eigenvalue weighted by molar-refractivity contribution is -0.697. The number of amides is 2. The van der Waals surface area contributed by atoms with Crippen LogP contribution >= 0.6 is 21.6 Å². The van der Waals surface area contributed by atoms with Crippen LogP contribution in [0, 0.1) is 0 Å². The standard InChI is InChI=1S/C46H58N4O6S2/c1-5-53-41-19-17-39(43(35-41)55-7-3)15-13-37-21-29-49(30-22-37)27-9-11-45(51)47-25-33-57-58-34-26-48-46(52)12-10-28-50-31-23-38(24-32-50)14-16-40-18-20-42(54-6-2)36-44(40)56-8-4/h13-24,29-32,35-36H,5-12,25-28,33-34H2,1-4H3/p+2/b15-13+,16-14+. The predicted molar refractivity (Wildman–Crippen MR) is 238 cm³/mol. The molecule has 0 aliphatic carbocycles. The lowest BCUT2D eigenvalue weighted by Crippen LogP contribution is -2.34. The van der Waals surface area contributed by atoms with Crippen molar-refractivity contribution < 1.29 is 37.7 Å². The lowest BCUT2D eigenvalue weighted by Gasteiger charge is -2.10. The molecule has 4 rings (SSSR count). The third-order valence-corrected chi connectivity index (χ3v) is 11.1. The summed E-state index contributed by atoms with van der Waals surface area (Å²) in [6.45, 7) is 13.1. The third kappa shape index (κ3) is 17.3. The minimum atomic E-state index is 0.0703. The van der Waals surface area contributed by atoms with E-state index in [-0.39, 0.29) is 11.8 Å². The molecule has 0 fully saturated rings. The van der Waals surface area contributed by atoms with Crippen molar-refractivity contribution >= 4 is 57.7 Å². The summed E-state index contributed by atoms with van der Waals surface area (Å²) < 4.78 is 27.0. The number of aromatic nitrogens is 2. The molecule has 0 bridgehead atoms. The van der Waals surface area contributed by atoms with E-state index in [1.54, 1.807) is 21.6 Å². The van der Waals surface area contributed by atoms with Crippen molar-refractivity contribution in [1.82, 2.24) is 10.6 Å². The summed E-state index contributed by atoms with van der Waals surface area (Å²) in [7, 11) is 3.42. The number of carbonyl (C=O) groups excluding carboxylic acids is 2. The van der Waals surface area contributed by atoms with Crippen LogP contribution in [0.5, 0.6) is 23.0 Å². The summed E-state index contributed by atoms with van der Waals surface area (Å²) in [5, 5.41) is 6.03. The lowest BCUT2D eigenvalue weighted by atomic mass is 10.1. The SMILES string of the molecule is CCOc1ccc(/C=C/c2cc[n+](CCCC(=O)NCCSSCCNC(=O)CCC[n+]3ccc(/C=C/c4ccc(OCC)cc4OCC)cc3)cc2)c(OCC)c1. The van der Waals surface area contributed by atoms with Crippen molar-refractivity contribution in [2.24, 2.45) is 0 Å². The fourth-order valence-corrected chi connectivity index (χ4v) is 7.63. The molecule has 0 radical (unpaired) electrons. The molecule has 0 saturated carbocycles. The highest BCUT2D eigenvalue weighted by Crippen LogP contribution is 2.28. The van der Waals surface area contributed by atoms with Gasteiger partial charge in [-0.3, -0.25) is 9.59 Å². The second kappa shape index (κ2) is 26.9. The number of nitrogens with one attached hydrogen (secondary N) is 2. The summed E-state index contributed by atoms with van der Waals surface area (Å²) >= 11 is 0. The van der Waals surface area contributed by atoms with Gasteiger partial charge >= 0.3 is 0 Å². The fourth-order valence-electron chi connectivity index (χ4n) is 5.81. The minimum Gasteiger partial charge on any atom is -0.494 e. The molecule has 2 amide bonds. The van der Waals surface area contributed by atoms with Crippen LogP contribution in [-0.2, 0) is 22.7 Å². The molecule has 2 heterocycles. The van der Waals surface area contributed by atoms with Crippen LogP contribution in [0.15, 0.2) is 85.5 Å². The van der Waals surface area contributed by atoms with Crippen molar-refractivity contribution in [3.05, 3.63) is 108 Å². The van der Waals surface area contributed by atoms with Gasteiger partial charge in [0.05, 0.1) is 26.4 Å². The van der Waals surface area contributed by atoms with E-state index in [1.807, 2.05) is 101 Å². The fraction of sp³-hybridized carbons (Fsp3) is 0.391. The molecule has 2 aromatic carbocycles. The van der Waals surface area contributed by atoms with Crippen LogP contribution in [0.3, 0.4) is 0 Å². The van der Waals surface area contributed by atoms with Crippen molar-refractivity contribution in [1.29, 1.82) is 0 Å². The first-order valence-electron chi connectivity index (χ1n) is 20.3. The van der Waals surface area contributed by atoms with Crippen molar-refractivity contribution in [2.75, 3.05) is 51.0 Å². The monoisotopic (exact) mass is 828 g/mol. The van der Waals surface area contributed by atoms with Gasteiger partial charge in [0, 0.05) is 97.8 Å². The Bertz CT molecular complexity index is 1750. The van der Waals surface area contributed by atoms with Crippen LogP contribution in [0.1, 0.15) is 75.6 Å². The van der Waals surface area contributed by atoms with E-state index in [4.69, 9.17) is 18.9 Å². The maximum absolute atomic E-state index is 12.3. The first-order chi connectivity index (χ1) is 28.4. The zero-order chi connectivity index (χ0) is 41.2. The van der Waals surface area contributed by atoms with Gasteiger partial charge in [-0.2, -0.15) is 0 Å². The first-order valence-corrected chi connectivity index (χ1v) is 22.8. The highest BCUT2D eigenvalue weighted by atomic mass is 33.1. The smallest absolute Gasteiger partial charge is 0.220 e. The molecule has 0 spiro atoms. The number of ether oxygens (including phenoxy) is 4. The van der Waals surface area contributed by atoms with E-state index < -0.39 is 0 Å². The molecule has 0 aliphatic heterocycles. The molecular formula is C46H60N4O6S2+2. The van der Waals surface area contributed by atoms with Crippen molar-refractivity contribution in [3.63, 3.8) is 0 Å². The second-order valence-corrected chi connectivity index (χ2v) is 15.8. The Morgan fingerprint density at radius 1 is 0.552 bits per heavy atom. The van der Waals surface area contributed by atoms with Gasteiger partial charge in [0.15, 0.2) is 24.8 Å². The predicted octanol–water partition coefficient (Wildman–Crippen LogP) is 8.07. The number of hydrogen-bond donors (Lipinski definition) is 2. The molecule has 12 heteroatoms. The average Bonchev–Trinajstić information content (AvgIpc) is 3.23. The topological polar surface area (TPSA) is 103 Å². The van der Waals surface area contributed by atoms with Crippen LogP contribution in [0.25, 0.3) is 24.3 Å². The normalized spacial score (nSPS) is 11.2. The summed E-state index contributed by atoms with van der Waals surface area (Å²) in [6, 6.07) is 20.1. The van der Waals surface area contributed by atoms with Gasteiger partial charge in [-0.25, -0.2) is 9.13 Å². The summed E-state index contributed by atoms with van der Waals surface area (Å²) in [5.41, 5.74) is 4.16. The van der Waals surface area contributed by atoms with E-state index in [2.05, 4.69) is 56.2 Å². The zero-order valence-electron chi connectivity index (χ0n) is 34.5. The molecule has 0 aliphatic rings. The number of rotatable bonds is 27. The van der Waals surface area contributed by atoms with Gasteiger partial charge in [-0.15, -0.1) is 0 Å². The Hall–Kier alpha value is -4.94. The number of pyridine rings is 2. The number of hydrogen-bond acceptors (Lipinski definition) is 8. The number of carbonyl (C=O) groups is 2. The van der Waals surface area contributed by atoms with Gasteiger partial charge in [-0.05, 0) is 63.1 Å². The zero-order valence-corrected chi connectivity index (χ0v) is 36.1. The van der Waals surface area contributed by atoms with Crippen LogP contribution in [0.4, 0.5) is 0 Å². The maximum atomic E-state index is 12.3. The van der Waals surface area contributed by atoms with Crippen LogP contribution < -0.4 is 38.7 Å². The van der Waals surface area contributed by atoms with Crippen LogP contribution in [0.2, 0.25) is 0 Å². The largest absolute Gasteiger partial charge is 0.494 e. The summed E-state index contributed by atoms with van der Waals surface area (Å²) in [6.07, 6.45) is 18.9. The quantitative estimate of drug-likeness (QED) is 0.0354. The molecule has 0 saturated heterocycles. The van der Waals surface area contributed by atoms with Crippen molar-refractivity contribution in [2.45, 2.75) is 66.5 Å². The maximum Gasteiger partial charge on any atom is 0.220 e. The third-order valence-electron chi connectivity index (χ3n) is 8.68. The molecule has 58 heavy (non-hydrogen) atoms. The molecule has 0 atom stereocenters. The summed E-state index contributed by atoms with van der Waals surface area (Å²) in [5.74, 6) is 4.98. The molecular weight excluding hydrogens is 769 g/mol. The number of aryl methyl sites for hydroxylation is 2. The van der Waals surface area contributed by atoms with Crippen molar-refractivity contribution in [3.8, 4) is 23.0 Å². The Balaban J connectivity index is 1.00. The van der Waals surface area contributed by atoms with Gasteiger partial charge in [0.2, 0.25) is 11.8 Å². The first kappa shape index (κ1) is 45.8. The highest BCUT2D eigenvalue weighted by Gasteiger charge is 2.09. The number of benzene rings is 2. The van der Waals surface area contributed by atoms with E-state index in [0.29, 0.717) is 52.4 Å². The van der Waals surface area contributed by atoms with E-state index in [1.165, 1.54) is 0 Å². The van der Waals surface area contributed by atoms with Gasteiger partial charge < -0.3 is 29.6 Å². The Morgan fingerprint density at radius 3 is 1.33 bits per heavy atom. The van der Waals surface area contributed by atoms with Gasteiger partial charge in [0.1, 0.15) is 36.1 Å². The van der Waals surface area contributed by atoms with E-state index in [0.717, 1.165) is 82.7 Å². The molecule has 2 aromatic heterocycles. The van der Waals surface area contributed by atoms with Gasteiger partial charge in [0.25, 0.3) is 0 Å². The van der Waals surface area contributed by atoms with Crippen LogP contribution in [-0.4, -0.2) is 62.8 Å². The Labute approximate surface area is 352 Å². The highest BCUT2D eigenvalue weighted by molar-refractivity contribution is 8.76. The molecule has 310 valence electrons. The Kier molecular flexibility index (Phi) is 21.2. The average molecular weight is 829 g/mol. The van der Waals surface area contributed by atoms with Gasteiger partial charge in [-0.1, -0.05) is 45.9 Å².